The Kier molecular flexibility index (Phi) is 5.14. The molecule has 2 atom stereocenters. The van der Waals surface area contributed by atoms with Gasteiger partial charge in [-0.1, -0.05) is 23.5 Å². The minimum Gasteiger partial charge on any atom is -0.376 e. The maximum atomic E-state index is 12.5. The Balaban J connectivity index is 1.35. The molecule has 2 unspecified atom stereocenters. The van der Waals surface area contributed by atoms with E-state index >= 15 is 0 Å². The van der Waals surface area contributed by atoms with Gasteiger partial charge in [0, 0.05) is 19.6 Å². The Labute approximate surface area is 151 Å². The summed E-state index contributed by atoms with van der Waals surface area (Å²) in [6.07, 6.45) is 1.91. The van der Waals surface area contributed by atoms with E-state index in [0.29, 0.717) is 26.4 Å². The zero-order valence-corrected chi connectivity index (χ0v) is 15.0. The normalized spacial score (nSPS) is 24.4. The van der Waals surface area contributed by atoms with Crippen LogP contribution >= 0.6 is 11.3 Å². The van der Waals surface area contributed by atoms with Crippen molar-refractivity contribution in [3.8, 4) is 0 Å². The topological polar surface area (TPSA) is 63.7 Å². The molecule has 0 bridgehead atoms. The van der Waals surface area contributed by atoms with Crippen molar-refractivity contribution in [3.05, 3.63) is 24.3 Å². The van der Waals surface area contributed by atoms with Gasteiger partial charge >= 0.3 is 0 Å². The molecular formula is C18H23N3O3S. The zero-order valence-electron chi connectivity index (χ0n) is 14.1. The number of rotatable bonds is 4. The van der Waals surface area contributed by atoms with E-state index in [1.165, 1.54) is 4.70 Å². The zero-order chi connectivity index (χ0) is 17.1. The van der Waals surface area contributed by atoms with Gasteiger partial charge in [-0.3, -0.25) is 4.79 Å². The lowest BCUT2D eigenvalue weighted by molar-refractivity contribution is -0.127. The molecular weight excluding hydrogens is 338 g/mol. The summed E-state index contributed by atoms with van der Waals surface area (Å²) in [5, 5.41) is 4.05. The first-order valence-electron chi connectivity index (χ1n) is 8.87. The van der Waals surface area contributed by atoms with E-state index in [9.17, 15) is 4.79 Å². The number of para-hydroxylation sites is 1. The third-order valence-corrected chi connectivity index (χ3v) is 5.83. The lowest BCUT2D eigenvalue weighted by atomic mass is 9.97. The van der Waals surface area contributed by atoms with Gasteiger partial charge in [-0.25, -0.2) is 4.98 Å². The van der Waals surface area contributed by atoms with Crippen LogP contribution in [-0.4, -0.2) is 56.5 Å². The molecule has 1 amide bonds. The minimum atomic E-state index is -0.0262. The van der Waals surface area contributed by atoms with Gasteiger partial charge in [0.25, 0.3) is 0 Å². The van der Waals surface area contributed by atoms with Crippen molar-refractivity contribution in [1.29, 1.82) is 0 Å². The third kappa shape index (κ3) is 3.94. The van der Waals surface area contributed by atoms with Crippen LogP contribution in [-0.2, 0) is 14.3 Å². The van der Waals surface area contributed by atoms with Crippen molar-refractivity contribution in [2.75, 3.05) is 44.4 Å². The molecule has 1 aromatic heterocycles. The fourth-order valence-electron chi connectivity index (χ4n) is 3.37. The van der Waals surface area contributed by atoms with Crippen molar-refractivity contribution in [3.63, 3.8) is 0 Å². The highest BCUT2D eigenvalue weighted by Gasteiger charge is 2.28. The van der Waals surface area contributed by atoms with Crippen LogP contribution in [0.3, 0.4) is 0 Å². The molecule has 2 aliphatic rings. The van der Waals surface area contributed by atoms with Crippen molar-refractivity contribution < 1.29 is 14.3 Å². The summed E-state index contributed by atoms with van der Waals surface area (Å²) in [5.74, 6) is 0.116. The van der Waals surface area contributed by atoms with Gasteiger partial charge in [-0.05, 0) is 25.0 Å². The predicted octanol–water partition coefficient (Wildman–Crippen LogP) is 2.04. The maximum Gasteiger partial charge on any atom is 0.224 e. The average Bonchev–Trinajstić information content (AvgIpc) is 3.11. The number of nitrogens with one attached hydrogen (secondary N) is 1. The first-order chi connectivity index (χ1) is 12.3. The average molecular weight is 361 g/mol. The lowest BCUT2D eigenvalue weighted by Gasteiger charge is -2.32. The first kappa shape index (κ1) is 16.8. The standard InChI is InChI=1S/C18H23N3O3S/c22-17(19-10-14-12-23-8-9-24-14)13-4-3-7-21(11-13)18-20-15-5-1-2-6-16(15)25-18/h1-2,5-6,13-14H,3-4,7-12H2,(H,19,22). The molecule has 3 heterocycles. The van der Waals surface area contributed by atoms with E-state index in [0.717, 1.165) is 36.6 Å². The number of benzene rings is 1. The van der Waals surface area contributed by atoms with Crippen molar-refractivity contribution in [2.24, 2.45) is 5.92 Å². The number of piperidine rings is 1. The van der Waals surface area contributed by atoms with Crippen LogP contribution in [0.25, 0.3) is 10.2 Å². The molecule has 134 valence electrons. The molecule has 0 spiro atoms. The van der Waals surface area contributed by atoms with Gasteiger partial charge in [0.15, 0.2) is 5.13 Å². The van der Waals surface area contributed by atoms with Crippen LogP contribution in [0.1, 0.15) is 12.8 Å². The second-order valence-electron chi connectivity index (χ2n) is 6.56. The van der Waals surface area contributed by atoms with E-state index in [4.69, 9.17) is 14.5 Å². The Bertz CT molecular complexity index is 696. The van der Waals surface area contributed by atoms with Gasteiger partial charge in [0.05, 0.1) is 42.1 Å². The number of carbonyl (C=O) groups is 1. The van der Waals surface area contributed by atoms with Crippen molar-refractivity contribution in [2.45, 2.75) is 18.9 Å². The number of carbonyl (C=O) groups excluding carboxylic acids is 1. The Morgan fingerprint density at radius 1 is 1.36 bits per heavy atom. The molecule has 25 heavy (non-hydrogen) atoms. The van der Waals surface area contributed by atoms with E-state index < -0.39 is 0 Å². The molecule has 6 nitrogen and oxygen atoms in total. The van der Waals surface area contributed by atoms with Gasteiger partial charge in [0.1, 0.15) is 0 Å². The van der Waals surface area contributed by atoms with Gasteiger partial charge in [-0.15, -0.1) is 0 Å². The van der Waals surface area contributed by atoms with Crippen molar-refractivity contribution >= 4 is 32.6 Å². The molecule has 2 aromatic rings. The molecule has 7 heteroatoms. The summed E-state index contributed by atoms with van der Waals surface area (Å²) >= 11 is 1.70. The molecule has 0 aliphatic carbocycles. The number of aromatic nitrogens is 1. The van der Waals surface area contributed by atoms with Gasteiger partial charge < -0.3 is 19.7 Å². The minimum absolute atomic E-state index is 0.00488. The van der Waals surface area contributed by atoms with Crippen LogP contribution in [0.2, 0.25) is 0 Å². The number of amides is 1. The second kappa shape index (κ2) is 7.68. The number of ether oxygens (including phenoxy) is 2. The molecule has 2 aliphatic heterocycles. The summed E-state index contributed by atoms with van der Waals surface area (Å²) in [6, 6.07) is 8.18. The lowest BCUT2D eigenvalue weighted by Crippen LogP contribution is -2.46. The fourth-order valence-corrected chi connectivity index (χ4v) is 4.37. The van der Waals surface area contributed by atoms with E-state index in [1.54, 1.807) is 11.3 Å². The van der Waals surface area contributed by atoms with Gasteiger partial charge in [-0.2, -0.15) is 0 Å². The van der Waals surface area contributed by atoms with Crippen LogP contribution in [0.15, 0.2) is 24.3 Å². The maximum absolute atomic E-state index is 12.5. The van der Waals surface area contributed by atoms with Gasteiger partial charge in [0.2, 0.25) is 5.91 Å². The first-order valence-corrected chi connectivity index (χ1v) is 9.69. The SMILES string of the molecule is O=C(NCC1COCCO1)C1CCCN(c2nc3ccccc3s2)C1. The third-order valence-electron chi connectivity index (χ3n) is 4.73. The highest BCUT2D eigenvalue weighted by molar-refractivity contribution is 7.22. The Hall–Kier alpha value is -1.70. The monoisotopic (exact) mass is 361 g/mol. The summed E-state index contributed by atoms with van der Waals surface area (Å²) in [7, 11) is 0. The molecule has 1 N–H and O–H groups in total. The predicted molar refractivity (Wildman–Crippen MR) is 98.1 cm³/mol. The number of hydrogen-bond acceptors (Lipinski definition) is 6. The number of fused-ring (bicyclic) bond motifs is 1. The summed E-state index contributed by atoms with van der Waals surface area (Å²) in [5.41, 5.74) is 1.03. The highest BCUT2D eigenvalue weighted by Crippen LogP contribution is 2.31. The van der Waals surface area contributed by atoms with E-state index in [1.807, 2.05) is 18.2 Å². The number of hydrogen-bond donors (Lipinski definition) is 1. The summed E-state index contributed by atoms with van der Waals surface area (Å²) in [4.78, 5) is 19.5. The number of nitrogens with zero attached hydrogens (tertiary/aromatic N) is 2. The van der Waals surface area contributed by atoms with Crippen LogP contribution in [0.4, 0.5) is 5.13 Å². The highest BCUT2D eigenvalue weighted by atomic mass is 32.1. The smallest absolute Gasteiger partial charge is 0.224 e. The number of thiazole rings is 1. The Morgan fingerprint density at radius 3 is 3.12 bits per heavy atom. The molecule has 0 saturated carbocycles. The molecule has 2 saturated heterocycles. The molecule has 0 radical (unpaired) electrons. The molecule has 4 rings (SSSR count). The van der Waals surface area contributed by atoms with Crippen molar-refractivity contribution in [1.82, 2.24) is 10.3 Å². The van der Waals surface area contributed by atoms with Crippen LogP contribution in [0.5, 0.6) is 0 Å². The fraction of sp³-hybridized carbons (Fsp3) is 0.556. The summed E-state index contributed by atoms with van der Waals surface area (Å²) < 4.78 is 12.1. The largest absolute Gasteiger partial charge is 0.376 e. The van der Waals surface area contributed by atoms with E-state index in [2.05, 4.69) is 16.3 Å². The van der Waals surface area contributed by atoms with E-state index in [-0.39, 0.29) is 17.9 Å². The number of anilines is 1. The molecule has 2 fully saturated rings. The molecule has 1 aromatic carbocycles. The second-order valence-corrected chi connectivity index (χ2v) is 7.57. The summed E-state index contributed by atoms with van der Waals surface area (Å²) in [6.45, 7) is 4.02. The Morgan fingerprint density at radius 2 is 2.28 bits per heavy atom. The van der Waals surface area contributed by atoms with Crippen LogP contribution in [0, 0.1) is 5.92 Å². The quantitative estimate of drug-likeness (QED) is 0.903. The van der Waals surface area contributed by atoms with Crippen LogP contribution < -0.4 is 10.2 Å².